The molecule has 2 nitrogen and oxygen atoms in total. The van der Waals surface area contributed by atoms with Crippen LogP contribution in [0.25, 0.3) is 0 Å². The lowest BCUT2D eigenvalue weighted by Crippen LogP contribution is -2.26. The molecule has 1 fully saturated rings. The van der Waals surface area contributed by atoms with Gasteiger partial charge in [0.25, 0.3) is 0 Å². The van der Waals surface area contributed by atoms with Gasteiger partial charge in [-0.3, -0.25) is 0 Å². The van der Waals surface area contributed by atoms with Crippen LogP contribution in [-0.2, 0) is 11.3 Å². The second-order valence-corrected chi connectivity index (χ2v) is 5.51. The van der Waals surface area contributed by atoms with Crippen LogP contribution in [0.5, 0.6) is 0 Å². The van der Waals surface area contributed by atoms with E-state index in [-0.39, 0.29) is 0 Å². The predicted octanol–water partition coefficient (Wildman–Crippen LogP) is 3.90. The Morgan fingerprint density at radius 3 is 2.50 bits per heavy atom. The van der Waals surface area contributed by atoms with Gasteiger partial charge in [0, 0.05) is 0 Å². The third kappa shape index (κ3) is 3.34. The first-order valence-electron chi connectivity index (χ1n) is 6.79. The summed E-state index contributed by atoms with van der Waals surface area (Å²) in [6.07, 6.45) is 4.05. The second kappa shape index (κ2) is 6.02. The fourth-order valence-corrected chi connectivity index (χ4v) is 2.54. The van der Waals surface area contributed by atoms with Crippen LogP contribution >= 0.6 is 0 Å². The topological polar surface area (TPSA) is 33.0 Å². The van der Waals surface area contributed by atoms with Crippen molar-refractivity contribution in [3.05, 3.63) is 35.4 Å². The summed E-state index contributed by atoms with van der Waals surface area (Å²) in [5, 5.41) is 8.73. The van der Waals surface area contributed by atoms with E-state index in [1.165, 1.54) is 19.3 Å². The molecule has 3 unspecified atom stereocenters. The molecule has 1 aromatic carbocycles. The Labute approximate surface area is 110 Å². The van der Waals surface area contributed by atoms with Gasteiger partial charge in [0.15, 0.2) is 0 Å². The molecule has 0 bridgehead atoms. The molecule has 0 aliphatic heterocycles. The van der Waals surface area contributed by atoms with E-state index in [2.05, 4.69) is 19.9 Å². The number of benzene rings is 1. The zero-order valence-electron chi connectivity index (χ0n) is 11.2. The van der Waals surface area contributed by atoms with Gasteiger partial charge in [0.1, 0.15) is 0 Å². The van der Waals surface area contributed by atoms with Crippen LogP contribution < -0.4 is 0 Å². The van der Waals surface area contributed by atoms with Crippen LogP contribution in [0.15, 0.2) is 24.3 Å². The maximum atomic E-state index is 8.73. The van der Waals surface area contributed by atoms with Crippen molar-refractivity contribution in [3.8, 4) is 6.07 Å². The van der Waals surface area contributed by atoms with Crippen LogP contribution in [0, 0.1) is 23.2 Å². The van der Waals surface area contributed by atoms with Gasteiger partial charge in [-0.1, -0.05) is 26.0 Å². The third-order valence-electron chi connectivity index (χ3n) is 4.12. The van der Waals surface area contributed by atoms with Crippen molar-refractivity contribution in [2.24, 2.45) is 11.8 Å². The average Bonchev–Trinajstić information content (AvgIpc) is 2.41. The summed E-state index contributed by atoms with van der Waals surface area (Å²) in [6, 6.07) is 9.79. The Morgan fingerprint density at radius 2 is 1.89 bits per heavy atom. The van der Waals surface area contributed by atoms with E-state index < -0.39 is 0 Å². The monoisotopic (exact) mass is 243 g/mol. The minimum atomic E-state index is 0.409. The Hall–Kier alpha value is -1.33. The minimum absolute atomic E-state index is 0.409. The Bertz CT molecular complexity index is 418. The highest BCUT2D eigenvalue weighted by Gasteiger charge is 2.24. The normalized spacial score (nSPS) is 27.7. The summed E-state index contributed by atoms with van der Waals surface area (Å²) in [5.41, 5.74) is 1.86. The molecular weight excluding hydrogens is 222 g/mol. The molecule has 0 amide bonds. The largest absolute Gasteiger partial charge is 0.374 e. The standard InChI is InChI=1S/C16H21NO/c1-12-3-8-16(9-13(12)2)18-11-15-6-4-14(10-17)5-7-15/h4-7,12-13,16H,3,8-9,11H2,1-2H3. The molecule has 1 aromatic rings. The van der Waals surface area contributed by atoms with E-state index in [1.807, 2.05) is 24.3 Å². The molecule has 0 radical (unpaired) electrons. The number of ether oxygens (including phenoxy) is 1. The SMILES string of the molecule is CC1CCC(OCc2ccc(C#N)cc2)CC1C. The molecule has 0 N–H and O–H groups in total. The lowest BCUT2D eigenvalue weighted by Gasteiger charge is -2.32. The zero-order valence-corrected chi connectivity index (χ0v) is 11.2. The van der Waals surface area contributed by atoms with Gasteiger partial charge in [-0.25, -0.2) is 0 Å². The molecule has 2 heteroatoms. The highest BCUT2D eigenvalue weighted by molar-refractivity contribution is 5.31. The smallest absolute Gasteiger partial charge is 0.0991 e. The van der Waals surface area contributed by atoms with Crippen LogP contribution in [0.1, 0.15) is 44.2 Å². The Balaban J connectivity index is 1.82. The predicted molar refractivity (Wildman–Crippen MR) is 71.9 cm³/mol. The van der Waals surface area contributed by atoms with Gasteiger partial charge in [-0.2, -0.15) is 5.26 Å². The van der Waals surface area contributed by atoms with Crippen LogP contribution in [-0.4, -0.2) is 6.10 Å². The molecule has 0 aromatic heterocycles. The fraction of sp³-hybridized carbons (Fsp3) is 0.562. The van der Waals surface area contributed by atoms with E-state index in [0.29, 0.717) is 18.3 Å². The summed E-state index contributed by atoms with van der Waals surface area (Å²) in [6.45, 7) is 5.32. The number of rotatable bonds is 3. The van der Waals surface area contributed by atoms with E-state index in [9.17, 15) is 0 Å². The first-order valence-corrected chi connectivity index (χ1v) is 6.79. The van der Waals surface area contributed by atoms with E-state index >= 15 is 0 Å². The number of hydrogen-bond donors (Lipinski definition) is 0. The number of nitriles is 1. The van der Waals surface area contributed by atoms with Gasteiger partial charge in [-0.05, 0) is 48.8 Å². The molecule has 0 saturated heterocycles. The summed E-state index contributed by atoms with van der Waals surface area (Å²) in [7, 11) is 0. The summed E-state index contributed by atoms with van der Waals surface area (Å²) < 4.78 is 5.98. The van der Waals surface area contributed by atoms with Crippen LogP contribution in [0.4, 0.5) is 0 Å². The average molecular weight is 243 g/mol. The van der Waals surface area contributed by atoms with Gasteiger partial charge in [0.05, 0.1) is 24.3 Å². The third-order valence-corrected chi connectivity index (χ3v) is 4.12. The van der Waals surface area contributed by atoms with Crippen molar-refractivity contribution in [1.82, 2.24) is 0 Å². The van der Waals surface area contributed by atoms with Gasteiger partial charge in [0.2, 0.25) is 0 Å². The Kier molecular flexibility index (Phi) is 4.38. The zero-order chi connectivity index (χ0) is 13.0. The van der Waals surface area contributed by atoms with Crippen molar-refractivity contribution in [3.63, 3.8) is 0 Å². The Morgan fingerprint density at radius 1 is 1.17 bits per heavy atom. The summed E-state index contributed by atoms with van der Waals surface area (Å²) in [4.78, 5) is 0. The van der Waals surface area contributed by atoms with E-state index in [0.717, 1.165) is 17.4 Å². The van der Waals surface area contributed by atoms with Crippen molar-refractivity contribution in [2.45, 2.75) is 45.8 Å². The minimum Gasteiger partial charge on any atom is -0.374 e. The lowest BCUT2D eigenvalue weighted by molar-refractivity contribution is -0.00745. The quantitative estimate of drug-likeness (QED) is 0.806. The molecule has 2 rings (SSSR count). The highest BCUT2D eigenvalue weighted by Crippen LogP contribution is 2.31. The molecule has 1 aliphatic rings. The van der Waals surface area contributed by atoms with E-state index in [4.69, 9.17) is 10.00 Å². The summed E-state index contributed by atoms with van der Waals surface area (Å²) >= 11 is 0. The molecule has 0 heterocycles. The lowest BCUT2D eigenvalue weighted by atomic mass is 9.80. The van der Waals surface area contributed by atoms with Crippen molar-refractivity contribution in [2.75, 3.05) is 0 Å². The maximum Gasteiger partial charge on any atom is 0.0991 e. The molecule has 0 spiro atoms. The van der Waals surface area contributed by atoms with E-state index in [1.54, 1.807) is 0 Å². The summed E-state index contributed by atoms with van der Waals surface area (Å²) in [5.74, 6) is 1.60. The van der Waals surface area contributed by atoms with Gasteiger partial charge < -0.3 is 4.74 Å². The molecule has 1 saturated carbocycles. The molecule has 1 aliphatic carbocycles. The van der Waals surface area contributed by atoms with Crippen molar-refractivity contribution in [1.29, 1.82) is 5.26 Å². The number of hydrogen-bond acceptors (Lipinski definition) is 2. The number of nitrogens with zero attached hydrogens (tertiary/aromatic N) is 1. The molecule has 3 atom stereocenters. The highest BCUT2D eigenvalue weighted by atomic mass is 16.5. The fourth-order valence-electron chi connectivity index (χ4n) is 2.54. The van der Waals surface area contributed by atoms with Gasteiger partial charge in [-0.15, -0.1) is 0 Å². The van der Waals surface area contributed by atoms with Crippen molar-refractivity contribution >= 4 is 0 Å². The molecular formula is C16H21NO. The molecule has 18 heavy (non-hydrogen) atoms. The van der Waals surface area contributed by atoms with Crippen LogP contribution in [0.3, 0.4) is 0 Å². The molecule has 96 valence electrons. The first kappa shape index (κ1) is 13.1. The van der Waals surface area contributed by atoms with Crippen molar-refractivity contribution < 1.29 is 4.74 Å². The second-order valence-electron chi connectivity index (χ2n) is 5.51. The van der Waals surface area contributed by atoms with Crippen LogP contribution in [0.2, 0.25) is 0 Å². The maximum absolute atomic E-state index is 8.73. The first-order chi connectivity index (χ1) is 8.69. The van der Waals surface area contributed by atoms with Gasteiger partial charge >= 0.3 is 0 Å².